The van der Waals surface area contributed by atoms with Gasteiger partial charge < -0.3 is 8.83 Å². The molecule has 0 radical (unpaired) electrons. The summed E-state index contributed by atoms with van der Waals surface area (Å²) in [5.74, 6) is 2.06. The first-order chi connectivity index (χ1) is 23.8. The van der Waals surface area contributed by atoms with Gasteiger partial charge in [-0.3, -0.25) is 0 Å². The lowest BCUT2D eigenvalue weighted by Crippen LogP contribution is -2.17. The van der Waals surface area contributed by atoms with Crippen molar-refractivity contribution in [1.82, 2.24) is 15.0 Å². The third-order valence-corrected chi connectivity index (χ3v) is 9.53. The molecule has 2 atom stereocenters. The Labute approximate surface area is 275 Å². The van der Waals surface area contributed by atoms with Gasteiger partial charge in [-0.2, -0.15) is 0 Å². The van der Waals surface area contributed by atoms with Gasteiger partial charge in [-0.05, 0) is 41.5 Å². The van der Waals surface area contributed by atoms with Gasteiger partial charge in [-0.25, -0.2) is 15.0 Å². The molecule has 0 N–H and O–H groups in total. The van der Waals surface area contributed by atoms with Gasteiger partial charge in [0.15, 0.2) is 17.5 Å². The second-order valence-corrected chi connectivity index (χ2v) is 12.3. The maximum absolute atomic E-state index is 6.31. The van der Waals surface area contributed by atoms with Gasteiger partial charge in [0.1, 0.15) is 22.3 Å². The molecule has 0 spiro atoms. The molecule has 226 valence electrons. The van der Waals surface area contributed by atoms with Crippen molar-refractivity contribution in [2.24, 2.45) is 5.92 Å². The van der Waals surface area contributed by atoms with Gasteiger partial charge in [0, 0.05) is 50.1 Å². The van der Waals surface area contributed by atoms with E-state index in [2.05, 4.69) is 78.9 Å². The Morgan fingerprint density at radius 1 is 0.500 bits per heavy atom. The molecule has 2 aliphatic carbocycles. The molecule has 0 amide bonds. The molecule has 0 fully saturated rings. The average molecular weight is 618 g/mol. The predicted molar refractivity (Wildman–Crippen MR) is 192 cm³/mol. The Balaban J connectivity index is 1.21. The van der Waals surface area contributed by atoms with Crippen molar-refractivity contribution in [3.63, 3.8) is 0 Å². The van der Waals surface area contributed by atoms with Crippen LogP contribution in [0, 0.1) is 5.92 Å². The third kappa shape index (κ3) is 4.21. The van der Waals surface area contributed by atoms with Crippen molar-refractivity contribution in [1.29, 1.82) is 0 Å². The fourth-order valence-electron chi connectivity index (χ4n) is 7.37. The van der Waals surface area contributed by atoms with Crippen LogP contribution in [-0.4, -0.2) is 15.0 Å². The van der Waals surface area contributed by atoms with Crippen molar-refractivity contribution in [3.05, 3.63) is 169 Å². The summed E-state index contributed by atoms with van der Waals surface area (Å²) >= 11 is 0. The molecule has 0 saturated heterocycles. The van der Waals surface area contributed by atoms with E-state index in [4.69, 9.17) is 23.8 Å². The monoisotopic (exact) mass is 617 g/mol. The summed E-state index contributed by atoms with van der Waals surface area (Å²) in [6, 6.07) is 39.0. The van der Waals surface area contributed by atoms with Crippen molar-refractivity contribution >= 4 is 49.5 Å². The summed E-state index contributed by atoms with van der Waals surface area (Å²) < 4.78 is 12.6. The summed E-state index contributed by atoms with van der Waals surface area (Å²) in [6.45, 7) is 0. The lowest BCUT2D eigenvalue weighted by Gasteiger charge is -2.30. The van der Waals surface area contributed by atoms with Crippen LogP contribution in [0.3, 0.4) is 0 Å². The number of hydrogen-bond acceptors (Lipinski definition) is 5. The van der Waals surface area contributed by atoms with Crippen LogP contribution in [-0.2, 0) is 0 Å². The summed E-state index contributed by atoms with van der Waals surface area (Å²) in [7, 11) is 0. The molecular formula is C43H27N3O2. The molecular weight excluding hydrogens is 590 g/mol. The highest BCUT2D eigenvalue weighted by molar-refractivity contribution is 6.12. The molecule has 2 unspecified atom stereocenters. The zero-order valence-electron chi connectivity index (χ0n) is 25.7. The number of benzene rings is 5. The highest BCUT2D eigenvalue weighted by Crippen LogP contribution is 2.46. The van der Waals surface area contributed by atoms with E-state index in [1.54, 1.807) is 0 Å². The van der Waals surface area contributed by atoms with Crippen LogP contribution in [0.1, 0.15) is 17.3 Å². The van der Waals surface area contributed by atoms with E-state index in [-0.39, 0.29) is 11.8 Å². The molecule has 5 nitrogen and oxygen atoms in total. The number of fused-ring (bicyclic) bond motifs is 7. The highest BCUT2D eigenvalue weighted by atomic mass is 16.3. The van der Waals surface area contributed by atoms with Crippen LogP contribution >= 0.6 is 0 Å². The zero-order valence-corrected chi connectivity index (χ0v) is 25.7. The van der Waals surface area contributed by atoms with Crippen molar-refractivity contribution in [2.45, 2.75) is 5.92 Å². The van der Waals surface area contributed by atoms with Gasteiger partial charge in [0.25, 0.3) is 0 Å². The predicted octanol–water partition coefficient (Wildman–Crippen LogP) is 10.9. The van der Waals surface area contributed by atoms with E-state index in [1.807, 2.05) is 72.8 Å². The van der Waals surface area contributed by atoms with Gasteiger partial charge >= 0.3 is 0 Å². The van der Waals surface area contributed by atoms with Gasteiger partial charge in [0.2, 0.25) is 0 Å². The van der Waals surface area contributed by atoms with Crippen molar-refractivity contribution in [3.8, 4) is 22.8 Å². The Kier molecular flexibility index (Phi) is 5.93. The van der Waals surface area contributed by atoms with Gasteiger partial charge in [-0.15, -0.1) is 0 Å². The maximum Gasteiger partial charge on any atom is 0.164 e. The van der Waals surface area contributed by atoms with E-state index in [0.717, 1.165) is 60.6 Å². The number of furan rings is 2. The summed E-state index contributed by atoms with van der Waals surface area (Å²) in [5, 5.41) is 4.31. The first kappa shape index (κ1) is 26.8. The fourth-order valence-corrected chi connectivity index (χ4v) is 7.37. The number of allylic oxidation sites excluding steroid dienone is 8. The third-order valence-electron chi connectivity index (χ3n) is 9.53. The number of aromatic nitrogens is 3. The Morgan fingerprint density at radius 3 is 1.96 bits per heavy atom. The molecule has 3 heterocycles. The molecule has 0 aliphatic heterocycles. The first-order valence-electron chi connectivity index (χ1n) is 16.2. The van der Waals surface area contributed by atoms with E-state index in [0.29, 0.717) is 17.5 Å². The Bertz CT molecular complexity index is 2690. The zero-order chi connectivity index (χ0) is 31.6. The minimum absolute atomic E-state index is 0.0348. The van der Waals surface area contributed by atoms with E-state index in [9.17, 15) is 0 Å². The molecule has 5 heteroatoms. The minimum Gasteiger partial charge on any atom is -0.456 e. The molecule has 8 aromatic rings. The smallest absolute Gasteiger partial charge is 0.164 e. The van der Waals surface area contributed by atoms with Crippen LogP contribution in [0.5, 0.6) is 0 Å². The molecule has 48 heavy (non-hydrogen) atoms. The van der Waals surface area contributed by atoms with Crippen LogP contribution < -0.4 is 0 Å². The number of rotatable bonds is 4. The highest BCUT2D eigenvalue weighted by Gasteiger charge is 2.30. The second kappa shape index (κ2) is 10.6. The lowest BCUT2D eigenvalue weighted by atomic mass is 9.73. The normalized spacial score (nSPS) is 17.2. The topological polar surface area (TPSA) is 65.0 Å². The van der Waals surface area contributed by atoms with Crippen molar-refractivity contribution < 1.29 is 8.83 Å². The van der Waals surface area contributed by atoms with E-state index in [1.165, 1.54) is 11.1 Å². The number of nitrogens with zero attached hydrogens (tertiary/aromatic N) is 3. The summed E-state index contributed by atoms with van der Waals surface area (Å²) in [6.07, 6.45) is 13.3. The Morgan fingerprint density at radius 2 is 1.15 bits per heavy atom. The van der Waals surface area contributed by atoms with Crippen molar-refractivity contribution in [2.75, 3.05) is 0 Å². The molecule has 3 aromatic heterocycles. The lowest BCUT2D eigenvalue weighted by molar-refractivity contribution is 0.662. The minimum atomic E-state index is 0.0348. The largest absolute Gasteiger partial charge is 0.456 e. The van der Waals surface area contributed by atoms with Gasteiger partial charge in [0.05, 0.1) is 0 Å². The Hall–Kier alpha value is -6.33. The number of hydrogen-bond donors (Lipinski definition) is 0. The SMILES string of the molecule is C1=CC2=CC(c3nc(-c4ccccc4)nc(-c4cccc5oc6ccccc6c45)n3)=CC(c3cccc4oc5ccccc5c34)C2C=C1. The molecule has 0 saturated carbocycles. The van der Waals surface area contributed by atoms with E-state index >= 15 is 0 Å². The van der Waals surface area contributed by atoms with Gasteiger partial charge in [-0.1, -0.05) is 121 Å². The quantitative estimate of drug-likeness (QED) is 0.197. The first-order valence-corrected chi connectivity index (χ1v) is 16.2. The standard InChI is InChI=1S/C43H27N3O2/c1-2-12-26(13-3-1)41-44-42(46-43(45-41)33-19-11-23-38-40(33)32-17-7-9-21-36(32)48-38)28-24-27-14-4-5-15-29(27)34(25-28)30-18-10-22-37-39(30)31-16-6-8-20-35(31)47-37/h1-25,29,34H. The molecule has 5 aromatic carbocycles. The van der Waals surface area contributed by atoms with Crippen LogP contribution in [0.4, 0.5) is 0 Å². The molecule has 10 rings (SSSR count). The maximum atomic E-state index is 6.31. The number of para-hydroxylation sites is 2. The molecule has 2 aliphatic rings. The molecule has 0 bridgehead atoms. The van der Waals surface area contributed by atoms with E-state index < -0.39 is 0 Å². The van der Waals surface area contributed by atoms with Crippen LogP contribution in [0.25, 0.3) is 72.2 Å². The summed E-state index contributed by atoms with van der Waals surface area (Å²) in [5.41, 5.74) is 8.67. The average Bonchev–Trinajstić information content (AvgIpc) is 3.73. The fraction of sp³-hybridized carbons (Fsp3) is 0.0465. The van der Waals surface area contributed by atoms with Crippen LogP contribution in [0.2, 0.25) is 0 Å². The summed E-state index contributed by atoms with van der Waals surface area (Å²) in [4.78, 5) is 15.4. The second-order valence-electron chi connectivity index (χ2n) is 12.3. The van der Waals surface area contributed by atoms with Crippen LogP contribution in [0.15, 0.2) is 166 Å².